The molecule has 0 fully saturated rings. The molecule has 0 saturated carbocycles. The normalized spacial score (nSPS) is 12.3. The van der Waals surface area contributed by atoms with Crippen molar-refractivity contribution in [3.8, 4) is 11.1 Å². The Morgan fingerprint density at radius 1 is 1.32 bits per heavy atom. The first kappa shape index (κ1) is 17.2. The van der Waals surface area contributed by atoms with E-state index in [1.54, 1.807) is 30.7 Å². The average molecular weight is 338 g/mol. The summed E-state index contributed by atoms with van der Waals surface area (Å²) >= 11 is 0. The van der Waals surface area contributed by atoms with E-state index in [9.17, 15) is 9.59 Å². The number of pyridine rings is 1. The lowest BCUT2D eigenvalue weighted by Gasteiger charge is -2.15. The summed E-state index contributed by atoms with van der Waals surface area (Å²) in [5.41, 5.74) is 4.31. The predicted molar refractivity (Wildman–Crippen MR) is 98.8 cm³/mol. The molecule has 0 spiro atoms. The highest BCUT2D eigenvalue weighted by Gasteiger charge is 2.18. The maximum absolute atomic E-state index is 12.6. The molecule has 0 aliphatic heterocycles. The molecular weight excluding hydrogens is 316 g/mol. The van der Waals surface area contributed by atoms with Crippen molar-refractivity contribution in [2.24, 2.45) is 0 Å². The predicted octanol–water partition coefficient (Wildman–Crippen LogP) is 2.43. The number of fused-ring (bicyclic) bond motifs is 1. The quantitative estimate of drug-likeness (QED) is 0.841. The average Bonchev–Trinajstić information content (AvgIpc) is 3.11. The molecule has 25 heavy (non-hydrogen) atoms. The number of allylic oxidation sites excluding steroid dienone is 1. The van der Waals surface area contributed by atoms with E-state index in [-0.39, 0.29) is 11.5 Å². The lowest BCUT2D eigenvalue weighted by Crippen LogP contribution is -2.25. The number of ether oxygens (including phenoxy) is 1. The zero-order valence-corrected chi connectivity index (χ0v) is 14.8. The number of aromatic nitrogens is 1. The number of hydrogen-bond donors (Lipinski definition) is 0. The van der Waals surface area contributed by atoms with Crippen LogP contribution < -0.4 is 5.56 Å². The van der Waals surface area contributed by atoms with E-state index in [0.29, 0.717) is 25.1 Å². The van der Waals surface area contributed by atoms with Crippen LogP contribution in [0.4, 0.5) is 0 Å². The number of rotatable bonds is 5. The standard InChI is InChI=1S/C20H22N2O3/c1-21(2)19(23)15-7-4-6-14(12-15)18-13-22(10-11-25-3)20(24)17-9-5-8-16(17)18/h4-8,12-13H,9-11H2,1-3H3. The third-order valence-corrected chi connectivity index (χ3v) is 4.39. The van der Waals surface area contributed by atoms with E-state index in [1.165, 1.54) is 0 Å². The maximum Gasteiger partial charge on any atom is 0.254 e. The number of hydrogen-bond acceptors (Lipinski definition) is 3. The fraction of sp³-hybridized carbons (Fsp3) is 0.300. The van der Waals surface area contributed by atoms with Crippen molar-refractivity contribution in [1.29, 1.82) is 0 Å². The fourth-order valence-electron chi connectivity index (χ4n) is 3.08. The van der Waals surface area contributed by atoms with Gasteiger partial charge in [-0.3, -0.25) is 9.59 Å². The van der Waals surface area contributed by atoms with E-state index < -0.39 is 0 Å². The largest absolute Gasteiger partial charge is 0.383 e. The third-order valence-electron chi connectivity index (χ3n) is 4.39. The molecule has 0 N–H and O–H groups in total. The van der Waals surface area contributed by atoms with Crippen molar-refractivity contribution in [3.63, 3.8) is 0 Å². The third kappa shape index (κ3) is 3.28. The smallest absolute Gasteiger partial charge is 0.254 e. The number of benzene rings is 1. The minimum Gasteiger partial charge on any atom is -0.383 e. The van der Waals surface area contributed by atoms with Gasteiger partial charge in [0.25, 0.3) is 11.5 Å². The summed E-state index contributed by atoms with van der Waals surface area (Å²) in [7, 11) is 5.10. The van der Waals surface area contributed by atoms with Crippen LogP contribution >= 0.6 is 0 Å². The molecule has 3 rings (SSSR count). The SMILES string of the molecule is COCCn1cc(-c2cccc(C(=O)N(C)C)c2)c2c(c1=O)CC=C2. The van der Waals surface area contributed by atoms with Crippen molar-refractivity contribution in [2.75, 3.05) is 27.8 Å². The van der Waals surface area contributed by atoms with E-state index in [4.69, 9.17) is 4.74 Å². The Hall–Kier alpha value is -2.66. The summed E-state index contributed by atoms with van der Waals surface area (Å²) in [6.07, 6.45) is 6.51. The Morgan fingerprint density at radius 3 is 2.84 bits per heavy atom. The van der Waals surface area contributed by atoms with Gasteiger partial charge < -0.3 is 14.2 Å². The van der Waals surface area contributed by atoms with Crippen molar-refractivity contribution in [1.82, 2.24) is 9.47 Å². The van der Waals surface area contributed by atoms with Gasteiger partial charge in [0.15, 0.2) is 0 Å². The van der Waals surface area contributed by atoms with E-state index in [2.05, 4.69) is 0 Å². The van der Waals surface area contributed by atoms with Crippen LogP contribution in [0.3, 0.4) is 0 Å². The Balaban J connectivity index is 2.12. The van der Waals surface area contributed by atoms with Crippen LogP contribution in [0.5, 0.6) is 0 Å². The molecule has 1 aliphatic rings. The van der Waals surface area contributed by atoms with Gasteiger partial charge in [0.2, 0.25) is 0 Å². The summed E-state index contributed by atoms with van der Waals surface area (Å²) in [5, 5.41) is 0. The molecule has 0 unspecified atom stereocenters. The fourth-order valence-corrected chi connectivity index (χ4v) is 3.08. The van der Waals surface area contributed by atoms with Crippen LogP contribution in [0.25, 0.3) is 17.2 Å². The minimum absolute atomic E-state index is 0.0290. The second kappa shape index (κ2) is 7.07. The van der Waals surface area contributed by atoms with E-state index in [1.807, 2.05) is 42.6 Å². The molecule has 1 amide bonds. The number of nitrogens with zero attached hydrogens (tertiary/aromatic N) is 2. The van der Waals surface area contributed by atoms with Gasteiger partial charge in [-0.1, -0.05) is 24.3 Å². The van der Waals surface area contributed by atoms with Gasteiger partial charge in [-0.05, 0) is 29.7 Å². The van der Waals surface area contributed by atoms with Gasteiger partial charge in [-0.15, -0.1) is 0 Å². The van der Waals surface area contributed by atoms with Gasteiger partial charge in [-0.25, -0.2) is 0 Å². The lowest BCUT2D eigenvalue weighted by atomic mass is 9.97. The van der Waals surface area contributed by atoms with Crippen LogP contribution in [0, 0.1) is 0 Å². The maximum atomic E-state index is 12.6. The van der Waals surface area contributed by atoms with Gasteiger partial charge in [0.1, 0.15) is 0 Å². The highest BCUT2D eigenvalue weighted by atomic mass is 16.5. The Labute approximate surface area is 147 Å². The summed E-state index contributed by atoms with van der Waals surface area (Å²) in [5.74, 6) is -0.0401. The first-order valence-electron chi connectivity index (χ1n) is 8.27. The van der Waals surface area contributed by atoms with Gasteiger partial charge in [0.05, 0.1) is 6.61 Å². The monoisotopic (exact) mass is 338 g/mol. The van der Waals surface area contributed by atoms with Crippen LogP contribution in [0.2, 0.25) is 0 Å². The van der Waals surface area contributed by atoms with Crippen LogP contribution in [0.1, 0.15) is 21.5 Å². The molecule has 2 aromatic rings. The molecule has 130 valence electrons. The molecule has 1 aromatic carbocycles. The molecule has 0 atom stereocenters. The lowest BCUT2D eigenvalue weighted by molar-refractivity contribution is 0.0827. The number of amides is 1. The first-order chi connectivity index (χ1) is 12.0. The van der Waals surface area contributed by atoms with Crippen LogP contribution in [-0.2, 0) is 17.7 Å². The first-order valence-corrected chi connectivity index (χ1v) is 8.27. The summed E-state index contributed by atoms with van der Waals surface area (Å²) < 4.78 is 6.82. The summed E-state index contributed by atoms with van der Waals surface area (Å²) in [6.45, 7) is 0.983. The van der Waals surface area contributed by atoms with E-state index in [0.717, 1.165) is 22.3 Å². The number of carbonyl (C=O) groups excluding carboxylic acids is 1. The summed E-state index contributed by atoms with van der Waals surface area (Å²) in [6, 6.07) is 7.54. The Bertz CT molecular complexity index is 894. The highest BCUT2D eigenvalue weighted by molar-refractivity contribution is 5.95. The topological polar surface area (TPSA) is 51.5 Å². The number of carbonyl (C=O) groups is 1. The molecule has 5 heteroatoms. The van der Waals surface area contributed by atoms with Gasteiger partial charge >= 0.3 is 0 Å². The molecule has 0 saturated heterocycles. The molecule has 1 aliphatic carbocycles. The Kier molecular flexibility index (Phi) is 4.86. The van der Waals surface area contributed by atoms with Crippen molar-refractivity contribution in [2.45, 2.75) is 13.0 Å². The second-order valence-corrected chi connectivity index (χ2v) is 6.31. The van der Waals surface area contributed by atoms with Crippen LogP contribution in [0.15, 0.2) is 41.3 Å². The van der Waals surface area contributed by atoms with Gasteiger partial charge in [0, 0.05) is 50.6 Å². The molecule has 0 radical (unpaired) electrons. The van der Waals surface area contributed by atoms with Crippen molar-refractivity contribution < 1.29 is 9.53 Å². The van der Waals surface area contributed by atoms with Gasteiger partial charge in [-0.2, -0.15) is 0 Å². The Morgan fingerprint density at radius 2 is 2.12 bits per heavy atom. The summed E-state index contributed by atoms with van der Waals surface area (Å²) in [4.78, 5) is 26.4. The number of methoxy groups -OCH3 is 1. The van der Waals surface area contributed by atoms with Crippen LogP contribution in [-0.4, -0.2) is 43.2 Å². The second-order valence-electron chi connectivity index (χ2n) is 6.31. The zero-order chi connectivity index (χ0) is 18.0. The molecule has 1 heterocycles. The van der Waals surface area contributed by atoms with Crippen molar-refractivity contribution in [3.05, 3.63) is 63.6 Å². The highest BCUT2D eigenvalue weighted by Crippen LogP contribution is 2.30. The molecule has 1 aromatic heterocycles. The minimum atomic E-state index is -0.0401. The van der Waals surface area contributed by atoms with E-state index >= 15 is 0 Å². The molecular formula is C20H22N2O3. The molecule has 0 bridgehead atoms. The van der Waals surface area contributed by atoms with Crippen molar-refractivity contribution >= 4 is 12.0 Å². The zero-order valence-electron chi connectivity index (χ0n) is 14.8. The molecule has 5 nitrogen and oxygen atoms in total.